The van der Waals surface area contributed by atoms with Crippen molar-refractivity contribution in [3.8, 4) is 0 Å². The Bertz CT molecular complexity index is 722. The Kier molecular flexibility index (Phi) is 8.09. The number of morpholine rings is 1. The fourth-order valence-corrected chi connectivity index (χ4v) is 3.67. The first-order valence-electron chi connectivity index (χ1n) is 9.54. The zero-order valence-corrected chi connectivity index (χ0v) is 17.4. The van der Waals surface area contributed by atoms with Gasteiger partial charge in [0, 0.05) is 39.3 Å². The van der Waals surface area contributed by atoms with Crippen LogP contribution in [-0.4, -0.2) is 99.9 Å². The molecule has 29 heavy (non-hydrogen) atoms. The van der Waals surface area contributed by atoms with Gasteiger partial charge in [-0.3, -0.25) is 19.3 Å². The number of ether oxygens (including phenoxy) is 1. The summed E-state index contributed by atoms with van der Waals surface area (Å²) in [6.07, 6.45) is 1.20. The molecular weight excluding hydrogens is 380 g/mol. The summed E-state index contributed by atoms with van der Waals surface area (Å²) in [5.74, 6) is 1.44. The minimum atomic E-state index is -0.250. The first kappa shape index (κ1) is 22.8. The van der Waals surface area contributed by atoms with Crippen molar-refractivity contribution in [3.05, 3.63) is 11.6 Å². The summed E-state index contributed by atoms with van der Waals surface area (Å²) < 4.78 is 7.48. The van der Waals surface area contributed by atoms with E-state index in [4.69, 9.17) is 14.6 Å². The molecule has 3 rings (SSSR count). The van der Waals surface area contributed by atoms with E-state index in [0.717, 1.165) is 25.3 Å². The summed E-state index contributed by atoms with van der Waals surface area (Å²) >= 11 is 0. The number of carboxylic acid groups (broad SMARTS) is 1. The minimum absolute atomic E-state index is 0.0527. The van der Waals surface area contributed by atoms with Crippen molar-refractivity contribution in [2.45, 2.75) is 51.4 Å². The molecule has 2 aliphatic rings. The zero-order valence-electron chi connectivity index (χ0n) is 17.4. The van der Waals surface area contributed by atoms with Gasteiger partial charge in [-0.15, -0.1) is 0 Å². The van der Waals surface area contributed by atoms with E-state index in [1.165, 1.54) is 0 Å². The second kappa shape index (κ2) is 10.3. The van der Waals surface area contributed by atoms with Crippen LogP contribution < -0.4 is 5.32 Å². The lowest BCUT2D eigenvalue weighted by atomic mass is 10.1. The smallest absolute Gasteiger partial charge is 0.290 e. The van der Waals surface area contributed by atoms with E-state index in [9.17, 15) is 9.59 Å². The summed E-state index contributed by atoms with van der Waals surface area (Å²) in [7, 11) is 3.52. The Morgan fingerprint density at radius 2 is 2.03 bits per heavy atom. The van der Waals surface area contributed by atoms with Gasteiger partial charge in [0.05, 0.1) is 19.1 Å². The van der Waals surface area contributed by atoms with Gasteiger partial charge in [-0.1, -0.05) is 0 Å². The normalized spacial score (nSPS) is 23.5. The third-order valence-electron chi connectivity index (χ3n) is 5.01. The largest absolute Gasteiger partial charge is 0.483 e. The topological polar surface area (TPSA) is 130 Å². The number of nitrogens with one attached hydrogen (secondary N) is 1. The lowest BCUT2D eigenvalue weighted by Crippen LogP contribution is -2.47. The highest BCUT2D eigenvalue weighted by Gasteiger charge is 2.38. The van der Waals surface area contributed by atoms with Crippen molar-refractivity contribution in [2.24, 2.45) is 0 Å². The lowest BCUT2D eigenvalue weighted by Gasteiger charge is -2.35. The number of aromatic nitrogens is 3. The molecule has 0 unspecified atom stereocenters. The summed E-state index contributed by atoms with van der Waals surface area (Å²) in [5.41, 5.74) is 0. The van der Waals surface area contributed by atoms with Crippen molar-refractivity contribution in [1.29, 1.82) is 0 Å². The van der Waals surface area contributed by atoms with E-state index in [1.807, 2.05) is 13.8 Å². The Balaban J connectivity index is 0.000000941. The highest BCUT2D eigenvalue weighted by atomic mass is 16.5. The molecule has 0 aliphatic carbocycles. The molecule has 0 bridgehead atoms. The molecule has 2 amide bonds. The summed E-state index contributed by atoms with van der Waals surface area (Å²) in [5, 5.41) is 14.2. The third-order valence-corrected chi connectivity index (χ3v) is 5.01. The molecule has 162 valence electrons. The Morgan fingerprint density at radius 1 is 1.34 bits per heavy atom. The molecule has 1 aromatic rings. The summed E-state index contributed by atoms with van der Waals surface area (Å²) in [6, 6.07) is 0.408. The monoisotopic (exact) mass is 410 g/mol. The van der Waals surface area contributed by atoms with Gasteiger partial charge in [0.25, 0.3) is 6.47 Å². The Labute approximate surface area is 170 Å². The average molecular weight is 410 g/mol. The number of fused-ring (bicyclic) bond motifs is 1. The summed E-state index contributed by atoms with van der Waals surface area (Å²) in [4.78, 5) is 40.7. The predicted octanol–water partition coefficient (Wildman–Crippen LogP) is -0.968. The number of hydrogen-bond donors (Lipinski definition) is 2. The highest BCUT2D eigenvalue weighted by Crippen LogP contribution is 2.24. The fourth-order valence-electron chi connectivity index (χ4n) is 3.67. The van der Waals surface area contributed by atoms with Crippen LogP contribution in [0.15, 0.2) is 0 Å². The standard InChI is InChI=1S/C17H28N6O3.CH2O2/c1-11-18-12(2)23(20-11)9-16(24)19-13-5-14-10-26-15(8-22(14)7-13)6-17(25)21(3)4;2-1-3/h13-15H,5-10H2,1-4H3,(H,19,24);1H,(H,2,3)/t13-,14+,15+;/m1./s1. The van der Waals surface area contributed by atoms with Gasteiger partial charge in [-0.2, -0.15) is 5.10 Å². The van der Waals surface area contributed by atoms with Crippen molar-refractivity contribution < 1.29 is 24.2 Å². The molecule has 0 saturated carbocycles. The van der Waals surface area contributed by atoms with Gasteiger partial charge in [0.2, 0.25) is 11.8 Å². The average Bonchev–Trinajstić information content (AvgIpc) is 3.16. The van der Waals surface area contributed by atoms with Gasteiger partial charge in [0.1, 0.15) is 18.2 Å². The van der Waals surface area contributed by atoms with E-state index in [0.29, 0.717) is 24.9 Å². The van der Waals surface area contributed by atoms with E-state index in [2.05, 4.69) is 20.3 Å². The molecule has 2 fully saturated rings. The quantitative estimate of drug-likeness (QED) is 0.593. The molecule has 2 aliphatic heterocycles. The van der Waals surface area contributed by atoms with Crippen LogP contribution in [0, 0.1) is 13.8 Å². The number of rotatable bonds is 5. The number of carbonyl (C=O) groups excluding carboxylic acids is 2. The summed E-state index contributed by atoms with van der Waals surface area (Å²) in [6.45, 7) is 5.73. The number of amides is 2. The van der Waals surface area contributed by atoms with Gasteiger partial charge >= 0.3 is 0 Å². The number of hydrogen-bond acceptors (Lipinski definition) is 7. The fraction of sp³-hybridized carbons (Fsp3) is 0.722. The van der Waals surface area contributed by atoms with Crippen LogP contribution in [0.4, 0.5) is 0 Å². The minimum Gasteiger partial charge on any atom is -0.483 e. The maximum atomic E-state index is 12.3. The van der Waals surface area contributed by atoms with Crippen molar-refractivity contribution in [3.63, 3.8) is 0 Å². The van der Waals surface area contributed by atoms with Crippen LogP contribution in [-0.2, 0) is 25.7 Å². The van der Waals surface area contributed by atoms with Crippen LogP contribution in [0.5, 0.6) is 0 Å². The first-order chi connectivity index (χ1) is 13.7. The molecular formula is C18H30N6O5. The lowest BCUT2D eigenvalue weighted by molar-refractivity contribution is -0.134. The first-order valence-corrected chi connectivity index (χ1v) is 9.54. The van der Waals surface area contributed by atoms with Gasteiger partial charge in [0.15, 0.2) is 0 Å². The highest BCUT2D eigenvalue weighted by molar-refractivity contribution is 5.76. The SMILES string of the molecule is Cc1nc(C)n(CC(=O)N[C@@H]2C[C@H]3CO[C@@H](CC(=O)N(C)C)CN3C2)n1.O=CO. The third kappa shape index (κ3) is 6.50. The van der Waals surface area contributed by atoms with Crippen LogP contribution in [0.3, 0.4) is 0 Å². The molecule has 1 aromatic heterocycles. The van der Waals surface area contributed by atoms with E-state index in [-0.39, 0.29) is 37.0 Å². The Hall–Kier alpha value is -2.53. The molecule has 0 radical (unpaired) electrons. The van der Waals surface area contributed by atoms with Gasteiger partial charge in [-0.25, -0.2) is 9.67 Å². The molecule has 2 saturated heterocycles. The molecule has 3 heterocycles. The molecule has 11 nitrogen and oxygen atoms in total. The number of carbonyl (C=O) groups is 3. The molecule has 3 atom stereocenters. The van der Waals surface area contributed by atoms with Crippen molar-refractivity contribution >= 4 is 18.3 Å². The van der Waals surface area contributed by atoms with Crippen molar-refractivity contribution in [2.75, 3.05) is 33.8 Å². The van der Waals surface area contributed by atoms with Crippen LogP contribution in [0.2, 0.25) is 0 Å². The molecule has 11 heteroatoms. The zero-order chi connectivity index (χ0) is 21.6. The van der Waals surface area contributed by atoms with E-state index in [1.54, 1.807) is 23.7 Å². The van der Waals surface area contributed by atoms with E-state index < -0.39 is 0 Å². The van der Waals surface area contributed by atoms with Crippen LogP contribution in [0.25, 0.3) is 0 Å². The molecule has 0 aromatic carbocycles. The van der Waals surface area contributed by atoms with Crippen molar-refractivity contribution in [1.82, 2.24) is 29.9 Å². The molecule has 0 spiro atoms. The second-order valence-electron chi connectivity index (χ2n) is 7.52. The van der Waals surface area contributed by atoms with Crippen LogP contribution in [0.1, 0.15) is 24.5 Å². The number of aryl methyl sites for hydroxylation is 2. The predicted molar refractivity (Wildman–Crippen MR) is 103 cm³/mol. The second-order valence-corrected chi connectivity index (χ2v) is 7.52. The van der Waals surface area contributed by atoms with Crippen LogP contribution >= 0.6 is 0 Å². The maximum Gasteiger partial charge on any atom is 0.290 e. The van der Waals surface area contributed by atoms with E-state index >= 15 is 0 Å². The maximum absolute atomic E-state index is 12.3. The number of nitrogens with zero attached hydrogens (tertiary/aromatic N) is 5. The Morgan fingerprint density at radius 3 is 2.62 bits per heavy atom. The van der Waals surface area contributed by atoms with Gasteiger partial charge in [-0.05, 0) is 20.3 Å². The molecule has 2 N–H and O–H groups in total. The van der Waals surface area contributed by atoms with Gasteiger partial charge < -0.3 is 20.1 Å².